The number of benzene rings is 1. The molecule has 0 spiro atoms. The van der Waals surface area contributed by atoms with E-state index in [1.54, 1.807) is 0 Å². The molecule has 3 saturated heterocycles. The van der Waals surface area contributed by atoms with Crippen LogP contribution < -0.4 is 0 Å². The number of hydrogen-bond donors (Lipinski definition) is 2. The Kier molecular flexibility index (Phi) is 4.67. The molecule has 1 aromatic rings. The highest BCUT2D eigenvalue weighted by atomic mass is 16.6. The van der Waals surface area contributed by atoms with Crippen molar-refractivity contribution >= 4 is 17.1 Å². The van der Waals surface area contributed by atoms with Crippen LogP contribution in [0.2, 0.25) is 0 Å². The molecule has 0 amide bonds. The maximum Gasteiger partial charge on any atom is 0.324 e. The van der Waals surface area contributed by atoms with Gasteiger partial charge in [0, 0.05) is 12.1 Å². The van der Waals surface area contributed by atoms with Crippen molar-refractivity contribution in [3.05, 3.63) is 42.5 Å². The molecule has 3 heterocycles. The number of aliphatic hydroxyl groups is 1. The van der Waals surface area contributed by atoms with E-state index >= 15 is 0 Å². The molecular weight excluding hydrogens is 368 g/mol. The first-order valence-corrected chi connectivity index (χ1v) is 7.97. The molecule has 2 N–H and O–H groups in total. The third-order valence-corrected chi connectivity index (χ3v) is 5.05. The van der Waals surface area contributed by atoms with Gasteiger partial charge >= 0.3 is 11.4 Å². The molecule has 3 aliphatic rings. The van der Waals surface area contributed by atoms with Crippen LogP contribution in [0, 0.1) is 30.3 Å². The van der Waals surface area contributed by atoms with Crippen molar-refractivity contribution in [2.45, 2.75) is 43.2 Å². The molecule has 146 valence electrons. The van der Waals surface area contributed by atoms with Gasteiger partial charge in [0.15, 0.2) is 0 Å². The highest BCUT2D eigenvalue weighted by Gasteiger charge is 2.62. The second kappa shape index (κ2) is 6.68. The fourth-order valence-corrected chi connectivity index (χ4v) is 3.69. The number of nitro benzene ring substituents is 3. The Bertz CT molecular complexity index is 763. The summed E-state index contributed by atoms with van der Waals surface area (Å²) in [5.74, 6) is -1.21. The molecule has 4 rings (SSSR count). The van der Waals surface area contributed by atoms with Gasteiger partial charge in [0.1, 0.15) is 12.2 Å². The number of aromatic hydroxyl groups is 1. The molecule has 0 saturated carbocycles. The number of piperidine rings is 1. The molecule has 13 heteroatoms. The average molecular weight is 384 g/mol. The van der Waals surface area contributed by atoms with Crippen molar-refractivity contribution in [2.24, 2.45) is 0 Å². The smallest absolute Gasteiger partial charge is 0.324 e. The van der Waals surface area contributed by atoms with Gasteiger partial charge in [0.25, 0.3) is 11.4 Å². The summed E-state index contributed by atoms with van der Waals surface area (Å²) in [6, 6.07) is 1.91. The Labute approximate surface area is 151 Å². The highest BCUT2D eigenvalue weighted by Crippen LogP contribution is 2.47. The fraction of sp³-hybridized carbons (Fsp3) is 0.571. The highest BCUT2D eigenvalue weighted by molar-refractivity contribution is 5.64. The van der Waals surface area contributed by atoms with Gasteiger partial charge in [-0.15, -0.1) is 0 Å². The lowest BCUT2D eigenvalue weighted by molar-refractivity contribution is -0.404. The molecule has 1 aromatic carbocycles. The van der Waals surface area contributed by atoms with Crippen molar-refractivity contribution in [3.63, 3.8) is 0 Å². The third kappa shape index (κ3) is 3.39. The molecule has 3 fully saturated rings. The number of ether oxygens (including phenoxy) is 1. The first kappa shape index (κ1) is 18.9. The summed E-state index contributed by atoms with van der Waals surface area (Å²) in [6.45, 7) is 0. The molecule has 0 aliphatic carbocycles. The van der Waals surface area contributed by atoms with E-state index in [-0.39, 0.29) is 6.10 Å². The summed E-state index contributed by atoms with van der Waals surface area (Å²) >= 11 is 0. The number of hydrogen-bond acceptors (Lipinski definition) is 10. The molecule has 4 unspecified atom stereocenters. The van der Waals surface area contributed by atoms with E-state index in [9.17, 15) is 35.4 Å². The number of non-ortho nitro benzene ring substituents is 1. The Morgan fingerprint density at radius 1 is 1.00 bits per heavy atom. The second-order valence-corrected chi connectivity index (χ2v) is 6.59. The summed E-state index contributed by atoms with van der Waals surface area (Å²) in [4.78, 5) is 30.1. The lowest BCUT2D eigenvalue weighted by Gasteiger charge is -2.36. The standard InChI is InChI=1S/C8H13NO2.C6H3N3O7/c1-9-5-2-4(10)3-6(9)8-7(5)11-8;10-6-4(8(13)14)1-3(7(11)12)2-5(6)9(15)16/h4-8,10H,2-3H2,1H3;1-2,10H. The van der Waals surface area contributed by atoms with E-state index in [0.717, 1.165) is 12.8 Å². The Morgan fingerprint density at radius 3 is 1.81 bits per heavy atom. The maximum atomic E-state index is 10.4. The largest absolute Gasteiger partial charge is 0.497 e. The minimum atomic E-state index is -1.21. The van der Waals surface area contributed by atoms with Gasteiger partial charge in [-0.05, 0) is 19.9 Å². The van der Waals surface area contributed by atoms with Crippen LogP contribution in [-0.4, -0.2) is 67.3 Å². The van der Waals surface area contributed by atoms with Gasteiger partial charge in [-0.2, -0.15) is 0 Å². The molecule has 0 aromatic heterocycles. The van der Waals surface area contributed by atoms with Crippen LogP contribution >= 0.6 is 0 Å². The molecular formula is C14H16N4O9. The van der Waals surface area contributed by atoms with Gasteiger partial charge in [-0.3, -0.25) is 35.2 Å². The van der Waals surface area contributed by atoms with Gasteiger partial charge in [-0.1, -0.05) is 0 Å². The second-order valence-electron chi connectivity index (χ2n) is 6.59. The third-order valence-electron chi connectivity index (χ3n) is 5.05. The predicted molar refractivity (Wildman–Crippen MR) is 87.3 cm³/mol. The summed E-state index contributed by atoms with van der Waals surface area (Å²) in [5, 5.41) is 49.7. The number of aliphatic hydroxyl groups excluding tert-OH is 1. The molecule has 2 bridgehead atoms. The van der Waals surface area contributed by atoms with Gasteiger partial charge in [0.2, 0.25) is 0 Å². The van der Waals surface area contributed by atoms with Crippen LogP contribution in [0.3, 0.4) is 0 Å². The lowest BCUT2D eigenvalue weighted by Crippen LogP contribution is -2.46. The van der Waals surface area contributed by atoms with Gasteiger partial charge in [0.05, 0.1) is 33.0 Å². The van der Waals surface area contributed by atoms with E-state index < -0.39 is 37.6 Å². The van der Waals surface area contributed by atoms with E-state index in [2.05, 4.69) is 11.9 Å². The lowest BCUT2D eigenvalue weighted by atomic mass is 10.00. The number of morpholine rings is 1. The zero-order chi connectivity index (χ0) is 20.0. The number of likely N-dealkylation sites (N-methyl/N-ethyl adjacent to an activating group) is 1. The number of epoxide rings is 1. The van der Waals surface area contributed by atoms with Crippen LogP contribution in [0.4, 0.5) is 17.1 Å². The van der Waals surface area contributed by atoms with Crippen LogP contribution in [0.5, 0.6) is 5.75 Å². The van der Waals surface area contributed by atoms with E-state index in [0.29, 0.717) is 36.4 Å². The van der Waals surface area contributed by atoms with Crippen LogP contribution in [0.1, 0.15) is 12.8 Å². The number of phenolic OH excluding ortho intramolecular Hbond substituents is 1. The monoisotopic (exact) mass is 384 g/mol. The minimum absolute atomic E-state index is 0.0717. The Balaban J connectivity index is 0.000000164. The quantitative estimate of drug-likeness (QED) is 0.427. The number of phenols is 1. The number of fused-ring (bicyclic) bond motifs is 5. The fourth-order valence-electron chi connectivity index (χ4n) is 3.69. The molecule has 13 nitrogen and oxygen atoms in total. The first-order valence-electron chi connectivity index (χ1n) is 7.97. The summed E-state index contributed by atoms with van der Waals surface area (Å²) in [7, 11) is 2.15. The Morgan fingerprint density at radius 2 is 1.44 bits per heavy atom. The number of nitrogens with zero attached hydrogens (tertiary/aromatic N) is 4. The summed E-state index contributed by atoms with van der Waals surface area (Å²) in [5.41, 5.74) is -3.00. The van der Waals surface area contributed by atoms with Crippen molar-refractivity contribution in [2.75, 3.05) is 7.05 Å². The Hall–Kier alpha value is -2.90. The molecule has 0 radical (unpaired) electrons. The van der Waals surface area contributed by atoms with Gasteiger partial charge < -0.3 is 14.9 Å². The summed E-state index contributed by atoms with van der Waals surface area (Å²) in [6.07, 6.45) is 2.67. The van der Waals surface area contributed by atoms with Crippen LogP contribution in [0.15, 0.2) is 12.1 Å². The van der Waals surface area contributed by atoms with Crippen molar-refractivity contribution < 1.29 is 29.7 Å². The maximum absolute atomic E-state index is 10.4. The van der Waals surface area contributed by atoms with Crippen molar-refractivity contribution in [1.82, 2.24) is 4.90 Å². The molecule has 4 atom stereocenters. The van der Waals surface area contributed by atoms with Crippen LogP contribution in [0.25, 0.3) is 0 Å². The van der Waals surface area contributed by atoms with Gasteiger partial charge in [-0.25, -0.2) is 0 Å². The van der Waals surface area contributed by atoms with E-state index in [1.165, 1.54) is 0 Å². The van der Waals surface area contributed by atoms with Crippen molar-refractivity contribution in [1.29, 1.82) is 0 Å². The topological polar surface area (TPSA) is 186 Å². The minimum Gasteiger partial charge on any atom is -0.497 e. The SMILES string of the molecule is CN1C2CC(O)CC1C1OC12.O=[N+]([O-])c1cc([N+](=O)[O-])c(O)c([N+](=O)[O-])c1. The van der Waals surface area contributed by atoms with Crippen LogP contribution in [-0.2, 0) is 4.74 Å². The molecule has 27 heavy (non-hydrogen) atoms. The van der Waals surface area contributed by atoms with E-state index in [4.69, 9.17) is 9.84 Å². The van der Waals surface area contributed by atoms with Crippen molar-refractivity contribution in [3.8, 4) is 5.75 Å². The average Bonchev–Trinajstić information content (AvgIpc) is 3.33. The number of nitro groups is 3. The zero-order valence-electron chi connectivity index (χ0n) is 14.0. The summed E-state index contributed by atoms with van der Waals surface area (Å²) < 4.78 is 5.49. The zero-order valence-corrected chi connectivity index (χ0v) is 14.0. The number of rotatable bonds is 3. The predicted octanol–water partition coefficient (Wildman–Crippen LogP) is 0.708. The first-order chi connectivity index (χ1) is 12.6. The van der Waals surface area contributed by atoms with E-state index in [1.807, 2.05) is 0 Å². The normalized spacial score (nSPS) is 30.7. The molecule has 3 aliphatic heterocycles.